The van der Waals surface area contributed by atoms with Crippen LogP contribution >= 0.6 is 123 Å². The summed E-state index contributed by atoms with van der Waals surface area (Å²) in [5.74, 6) is -0.435. The van der Waals surface area contributed by atoms with E-state index >= 15 is 0 Å². The third kappa shape index (κ3) is 21.9. The van der Waals surface area contributed by atoms with Crippen LogP contribution in [-0.4, -0.2) is 29.9 Å². The van der Waals surface area contributed by atoms with E-state index in [2.05, 4.69) is 73.9 Å². The Bertz CT molecular complexity index is 2920. The molecular weight excluding hydrogens is 1190 g/mol. The summed E-state index contributed by atoms with van der Waals surface area (Å²) in [6, 6.07) is 33.2. The second kappa shape index (κ2) is 39.5. The molecule has 0 aliphatic rings. The first-order chi connectivity index (χ1) is 35.2. The van der Waals surface area contributed by atoms with E-state index < -0.39 is 0 Å². The Hall–Kier alpha value is -3.94. The van der Waals surface area contributed by atoms with Gasteiger partial charge in [0.15, 0.2) is 0 Å². The van der Waals surface area contributed by atoms with Crippen molar-refractivity contribution in [3.63, 3.8) is 0 Å². The highest BCUT2D eigenvalue weighted by Crippen LogP contribution is 2.27. The fourth-order valence-corrected chi connectivity index (χ4v) is 10.9. The van der Waals surface area contributed by atoms with Gasteiger partial charge in [-0.15, -0.1) is 68.0 Å². The minimum atomic E-state index is -0.237. The maximum absolute atomic E-state index is 12.8. The van der Waals surface area contributed by atoms with Crippen LogP contribution in [-0.2, 0) is 0 Å². The highest BCUT2D eigenvalue weighted by atomic mass is 79.9. The van der Waals surface area contributed by atoms with Gasteiger partial charge in [0.25, 0.3) is 0 Å². The van der Waals surface area contributed by atoms with Crippen LogP contribution in [0.15, 0.2) is 151 Å². The molecule has 384 valence electrons. The molecule has 6 aromatic heterocycles. The average molecular weight is 1250 g/mol. The number of halogens is 6. The number of nitrogens with zero attached hydrogens (tertiary/aromatic N) is 6. The van der Waals surface area contributed by atoms with Gasteiger partial charge in [0.2, 0.25) is 0 Å². The molecule has 72 heavy (non-hydrogen) atoms. The molecule has 18 heteroatoms. The van der Waals surface area contributed by atoms with Crippen molar-refractivity contribution in [2.24, 2.45) is 0 Å². The second-order valence-electron chi connectivity index (χ2n) is 11.7. The molecule has 12 aromatic rings. The molecule has 6 aromatic carbocycles. The van der Waals surface area contributed by atoms with Gasteiger partial charge in [-0.3, -0.25) is 0 Å². The Balaban J connectivity index is 0.000000414. The quantitative estimate of drug-likeness (QED) is 0.151. The minimum Gasteiger partial charge on any atom is -0.245 e. The predicted molar refractivity (Wildman–Crippen MR) is 331 cm³/mol. The van der Waals surface area contributed by atoms with E-state index in [-0.39, 0.29) is 11.6 Å². The third-order valence-corrected chi connectivity index (χ3v) is 14.2. The van der Waals surface area contributed by atoms with E-state index in [0.29, 0.717) is 5.52 Å². The summed E-state index contributed by atoms with van der Waals surface area (Å²) < 4.78 is 34.0. The standard InChI is InChI=1S/2C7H4BrNS.2C7H4ClNS.2C7H4FNS.6C2H6/c8-5-1-2-6-7(3-5)10-4-9-6;8-5-2-1-3-6-7(5)9-4-10-6;8-5-1-2-6-7(3-5)10-4-9-6;8-5-2-1-3-6-7(5)9-4-10-6;8-5-1-2-6-7(3-5)10-4-9-6;8-5-2-1-3-6-7(5)9-4-10-6;6*1-2/h6*1-4H;6*1-2H3. The molecule has 0 saturated carbocycles. The topological polar surface area (TPSA) is 77.3 Å². The summed E-state index contributed by atoms with van der Waals surface area (Å²) in [5.41, 5.74) is 16.1. The highest BCUT2D eigenvalue weighted by Gasteiger charge is 2.02. The molecule has 6 heterocycles. The van der Waals surface area contributed by atoms with Gasteiger partial charge in [0.1, 0.15) is 17.2 Å². The number of para-hydroxylation sites is 3. The smallest absolute Gasteiger partial charge is 0.150 e. The monoisotopic (exact) mass is 1250 g/mol. The lowest BCUT2D eigenvalue weighted by atomic mass is 10.3. The number of hydrogen-bond acceptors (Lipinski definition) is 12. The van der Waals surface area contributed by atoms with Gasteiger partial charge in [0.05, 0.1) is 93.9 Å². The third-order valence-electron chi connectivity index (χ3n) is 7.81. The zero-order chi connectivity index (χ0) is 53.8. The fourth-order valence-electron chi connectivity index (χ4n) is 5.04. The number of thiazole rings is 6. The zero-order valence-corrected chi connectivity index (χ0v) is 51.8. The van der Waals surface area contributed by atoms with E-state index in [1.807, 2.05) is 166 Å². The van der Waals surface area contributed by atoms with E-state index in [0.717, 1.165) is 65.4 Å². The van der Waals surface area contributed by atoms with Crippen LogP contribution < -0.4 is 0 Å². The van der Waals surface area contributed by atoms with Crippen molar-refractivity contribution in [2.45, 2.75) is 83.1 Å². The minimum absolute atomic E-state index is 0.197. The van der Waals surface area contributed by atoms with Gasteiger partial charge in [0, 0.05) is 14.0 Å². The molecule has 0 aliphatic heterocycles. The van der Waals surface area contributed by atoms with Crippen molar-refractivity contribution in [2.75, 3.05) is 0 Å². The lowest BCUT2D eigenvalue weighted by molar-refractivity contribution is 0.630. The van der Waals surface area contributed by atoms with Crippen molar-refractivity contribution in [3.05, 3.63) is 173 Å². The van der Waals surface area contributed by atoms with Crippen LogP contribution in [0.4, 0.5) is 8.78 Å². The van der Waals surface area contributed by atoms with Gasteiger partial charge in [-0.1, -0.05) is 140 Å². The van der Waals surface area contributed by atoms with Crippen LogP contribution in [0.5, 0.6) is 0 Å². The second-order valence-corrected chi connectivity index (χ2v) is 19.6. The lowest BCUT2D eigenvalue weighted by Gasteiger charge is -1.88. The Labute approximate surface area is 474 Å². The van der Waals surface area contributed by atoms with Crippen molar-refractivity contribution in [1.82, 2.24) is 29.9 Å². The summed E-state index contributed by atoms with van der Waals surface area (Å²) in [6.07, 6.45) is 0. The summed E-state index contributed by atoms with van der Waals surface area (Å²) in [6.45, 7) is 24.0. The SMILES string of the molecule is Brc1ccc2ncsc2c1.Brc1cccc2scnc12.CC.CC.CC.CC.CC.CC.Clc1ccc2ncsc2c1.Clc1cccc2scnc12.Fc1ccc2ncsc2c1.Fc1cccc2scnc12. The van der Waals surface area contributed by atoms with Gasteiger partial charge in [-0.2, -0.15) is 0 Å². The summed E-state index contributed by atoms with van der Waals surface area (Å²) >= 11 is 27.8. The largest absolute Gasteiger partial charge is 0.245 e. The van der Waals surface area contributed by atoms with Gasteiger partial charge in [-0.25, -0.2) is 38.7 Å². The number of benzene rings is 6. The molecule has 0 atom stereocenters. The maximum atomic E-state index is 12.8. The number of aromatic nitrogens is 6. The maximum Gasteiger partial charge on any atom is 0.150 e. The molecule has 6 nitrogen and oxygen atoms in total. The molecule has 12 rings (SSSR count). The molecule has 0 bridgehead atoms. The Morgan fingerprint density at radius 1 is 0.375 bits per heavy atom. The number of rotatable bonds is 0. The van der Waals surface area contributed by atoms with E-state index in [1.54, 1.807) is 74.0 Å². The molecule has 0 fully saturated rings. The van der Waals surface area contributed by atoms with E-state index in [9.17, 15) is 8.78 Å². The molecule has 0 unspecified atom stereocenters. The first kappa shape index (κ1) is 66.1. The molecule has 0 amide bonds. The molecule has 0 aliphatic carbocycles. The van der Waals surface area contributed by atoms with Crippen molar-refractivity contribution in [3.8, 4) is 0 Å². The number of fused-ring (bicyclic) bond motifs is 6. The Morgan fingerprint density at radius 3 is 1.28 bits per heavy atom. The molecule has 0 spiro atoms. The Morgan fingerprint density at radius 2 is 0.764 bits per heavy atom. The normalized spacial score (nSPS) is 9.25. The van der Waals surface area contributed by atoms with Crippen molar-refractivity contribution < 1.29 is 8.78 Å². The molecule has 0 radical (unpaired) electrons. The fraction of sp³-hybridized carbons (Fsp3) is 0.222. The number of hydrogen-bond donors (Lipinski definition) is 0. The van der Waals surface area contributed by atoms with E-state index in [4.69, 9.17) is 23.2 Å². The summed E-state index contributed by atoms with van der Waals surface area (Å²) in [7, 11) is 0. The summed E-state index contributed by atoms with van der Waals surface area (Å²) in [4.78, 5) is 24.4. The zero-order valence-electron chi connectivity index (χ0n) is 42.3. The molecular formula is C54H60Br2Cl2F2N6S6. The van der Waals surface area contributed by atoms with Crippen LogP contribution in [0.25, 0.3) is 61.3 Å². The lowest BCUT2D eigenvalue weighted by Crippen LogP contribution is -1.73. The summed E-state index contributed by atoms with van der Waals surface area (Å²) in [5, 5.41) is 1.51. The van der Waals surface area contributed by atoms with Crippen molar-refractivity contribution in [1.29, 1.82) is 0 Å². The first-order valence-corrected chi connectivity index (χ1v) is 30.7. The van der Waals surface area contributed by atoms with Gasteiger partial charge >= 0.3 is 0 Å². The van der Waals surface area contributed by atoms with Crippen LogP contribution in [0.1, 0.15) is 83.1 Å². The first-order valence-electron chi connectivity index (χ1n) is 23.1. The molecule has 0 N–H and O–H groups in total. The van der Waals surface area contributed by atoms with Crippen LogP contribution in [0, 0.1) is 11.6 Å². The highest BCUT2D eigenvalue weighted by molar-refractivity contribution is 9.11. The van der Waals surface area contributed by atoms with Gasteiger partial charge < -0.3 is 0 Å². The average Bonchev–Trinajstić information content (AvgIpc) is 4.30. The Kier molecular flexibility index (Phi) is 36.3. The molecule has 0 saturated heterocycles. The predicted octanol–water partition coefficient (Wildman–Crippen LogP) is 23.0. The van der Waals surface area contributed by atoms with Crippen LogP contribution in [0.2, 0.25) is 10.0 Å². The van der Waals surface area contributed by atoms with Crippen LogP contribution in [0.3, 0.4) is 0 Å². The van der Waals surface area contributed by atoms with Crippen molar-refractivity contribution >= 4 is 184 Å². The van der Waals surface area contributed by atoms with Gasteiger partial charge in [-0.05, 0) is 107 Å². The van der Waals surface area contributed by atoms with E-state index in [1.165, 1.54) is 50.3 Å².